The summed E-state index contributed by atoms with van der Waals surface area (Å²) in [6, 6.07) is 110. The smallest absolute Gasteiger partial charge is 0.159 e. The number of thiophene rings is 1. The average Bonchev–Trinajstić information content (AvgIpc) is 1.88. The maximum absolute atomic E-state index is 7.03. The fraction of sp³-hybridized carbons (Fsp3) is 0. The first kappa shape index (κ1) is 48.7. The topological polar surface area (TPSA) is 32.8 Å². The van der Waals surface area contributed by atoms with Crippen LogP contribution in [0.1, 0.15) is 0 Å². The van der Waals surface area contributed by atoms with Crippen molar-refractivity contribution in [1.29, 1.82) is 0 Å². The molecule has 0 aliphatic carbocycles. The van der Waals surface area contributed by atoms with E-state index < -0.39 is 0 Å². The Morgan fingerprint density at radius 2 is 0.565 bits per heavy atom. The third-order valence-corrected chi connectivity index (χ3v) is 18.1. The molecule has 17 rings (SSSR count). The molecule has 398 valence electrons. The van der Waals surface area contributed by atoms with E-state index in [0.717, 1.165) is 133 Å². The normalized spacial score (nSPS) is 11.8. The molecule has 0 unspecified atom stereocenters. The molecule has 4 nitrogen and oxygen atoms in total. The lowest BCUT2D eigenvalue weighted by molar-refractivity contribution is 0.669. The molecule has 0 amide bonds. The number of fused-ring (bicyclic) bond motifs is 13. The van der Waals surface area contributed by atoms with Gasteiger partial charge in [0.2, 0.25) is 0 Å². The Hall–Kier alpha value is -11.0. The van der Waals surface area contributed by atoms with Gasteiger partial charge < -0.3 is 18.6 Å². The van der Waals surface area contributed by atoms with Crippen molar-refractivity contribution in [3.63, 3.8) is 0 Å². The maximum atomic E-state index is 7.03. The third-order valence-electron chi connectivity index (χ3n) is 17.0. The number of rotatable bonds is 10. The summed E-state index contributed by atoms with van der Waals surface area (Å²) < 4.78 is 16.4. The maximum Gasteiger partial charge on any atom is 0.159 e. The highest BCUT2D eigenvalue weighted by molar-refractivity contribution is 7.26. The van der Waals surface area contributed by atoms with E-state index in [0.29, 0.717) is 0 Å². The van der Waals surface area contributed by atoms with E-state index >= 15 is 0 Å². The van der Waals surface area contributed by atoms with Crippen LogP contribution in [0, 0.1) is 0 Å². The van der Waals surface area contributed by atoms with Crippen LogP contribution in [0.3, 0.4) is 0 Å². The van der Waals surface area contributed by atoms with Crippen molar-refractivity contribution in [2.75, 3.05) is 9.80 Å². The largest absolute Gasteiger partial charge is 0.454 e. The van der Waals surface area contributed by atoms with Crippen LogP contribution in [0.5, 0.6) is 0 Å². The molecule has 0 N–H and O–H groups in total. The molecular formula is C80H50N2O2S. The molecule has 17 aromatic rings. The summed E-state index contributed by atoms with van der Waals surface area (Å²) >= 11 is 1.85. The first-order chi connectivity index (χ1) is 42.2. The number of anilines is 6. The molecule has 0 atom stereocenters. The van der Waals surface area contributed by atoms with E-state index in [-0.39, 0.29) is 0 Å². The highest BCUT2D eigenvalue weighted by atomic mass is 32.1. The minimum absolute atomic E-state index is 0.828. The van der Waals surface area contributed by atoms with Crippen molar-refractivity contribution in [2.24, 2.45) is 0 Å². The van der Waals surface area contributed by atoms with Crippen molar-refractivity contribution in [1.82, 2.24) is 0 Å². The van der Waals surface area contributed by atoms with E-state index in [9.17, 15) is 0 Å². The van der Waals surface area contributed by atoms with Crippen molar-refractivity contribution in [3.05, 3.63) is 303 Å². The van der Waals surface area contributed by atoms with Crippen LogP contribution < -0.4 is 9.80 Å². The van der Waals surface area contributed by atoms with Gasteiger partial charge in [-0.2, -0.15) is 0 Å². The van der Waals surface area contributed by atoms with Crippen LogP contribution in [0.15, 0.2) is 312 Å². The van der Waals surface area contributed by atoms with Crippen LogP contribution >= 0.6 is 11.3 Å². The summed E-state index contributed by atoms with van der Waals surface area (Å²) in [6.07, 6.45) is 0. The standard InChI is InChI=1S/C80H50N2O2S/c1-5-23-51(24-6-1)55-43-45-57(53-27-9-3-10-28-53)69(47-55)81(67-39-21-37-65-61-33-17-19-41-73(61)83-79(65)67)71-49-75-77(63-35-15-13-31-59(63)71)78-64-36-16-14-32-60(64)72(50-76(78)85-75)82(68-40-22-38-66-62-34-18-20-42-74(62)84-80(66)68)70-48-56(52-25-7-2-8-26-52)44-46-58(70)54-29-11-4-12-30-54/h1-50H. The summed E-state index contributed by atoms with van der Waals surface area (Å²) in [6.45, 7) is 0. The zero-order valence-corrected chi connectivity index (χ0v) is 46.8. The number of benzene rings is 14. The molecule has 85 heavy (non-hydrogen) atoms. The number of furan rings is 2. The lowest BCUT2D eigenvalue weighted by Gasteiger charge is -2.30. The van der Waals surface area contributed by atoms with Crippen LogP contribution in [-0.4, -0.2) is 0 Å². The summed E-state index contributed by atoms with van der Waals surface area (Å²) in [5.41, 5.74) is 18.5. The van der Waals surface area contributed by atoms with Gasteiger partial charge in [-0.1, -0.05) is 255 Å². The van der Waals surface area contributed by atoms with E-state index in [4.69, 9.17) is 8.83 Å². The van der Waals surface area contributed by atoms with Gasteiger partial charge in [-0.05, 0) is 92.7 Å². The molecule has 14 aromatic carbocycles. The third kappa shape index (κ3) is 7.97. The summed E-state index contributed by atoms with van der Waals surface area (Å²) in [7, 11) is 0. The Morgan fingerprint density at radius 3 is 0.976 bits per heavy atom. The van der Waals surface area contributed by atoms with Gasteiger partial charge in [0.05, 0.1) is 34.1 Å². The molecule has 3 aromatic heterocycles. The molecule has 0 bridgehead atoms. The second-order valence-corrected chi connectivity index (χ2v) is 22.9. The molecule has 0 fully saturated rings. The van der Waals surface area contributed by atoms with Gasteiger partial charge >= 0.3 is 0 Å². The first-order valence-corrected chi connectivity index (χ1v) is 29.7. The molecule has 5 heteroatoms. The monoisotopic (exact) mass is 1100 g/mol. The Bertz CT molecular complexity index is 5100. The Labute approximate surface area is 494 Å². The van der Waals surface area contributed by atoms with E-state index in [2.05, 4.69) is 313 Å². The van der Waals surface area contributed by atoms with Gasteiger partial charge in [-0.3, -0.25) is 0 Å². The zero-order chi connectivity index (χ0) is 56.0. The molecule has 3 heterocycles. The number of hydrogen-bond acceptors (Lipinski definition) is 5. The fourth-order valence-corrected chi connectivity index (χ4v) is 14.4. The van der Waals surface area contributed by atoms with Gasteiger partial charge in [-0.15, -0.1) is 11.3 Å². The summed E-state index contributed by atoms with van der Waals surface area (Å²) in [5.74, 6) is 0. The SMILES string of the molecule is c1ccc(-c2ccc(-c3ccccc3)c(N(c3cc4sc5cc(N(c6cc(-c7ccccc7)ccc6-c6ccccc6)c6cccc7c6oc6ccccc67)c6ccccc6c5c4c4ccccc34)c3cccc4c3oc3ccccc34)c2)cc1. The lowest BCUT2D eigenvalue weighted by atomic mass is 9.94. The van der Waals surface area contributed by atoms with Crippen molar-refractivity contribution >= 4 is 131 Å². The van der Waals surface area contributed by atoms with E-state index in [1.54, 1.807) is 0 Å². The minimum Gasteiger partial charge on any atom is -0.454 e. The molecule has 0 saturated carbocycles. The predicted molar refractivity (Wildman–Crippen MR) is 360 cm³/mol. The second kappa shape index (κ2) is 19.9. The number of nitrogens with zero attached hydrogens (tertiary/aromatic N) is 2. The molecule has 0 radical (unpaired) electrons. The predicted octanol–water partition coefficient (Wildman–Crippen LogP) is 23.8. The van der Waals surface area contributed by atoms with E-state index in [1.165, 1.54) is 30.9 Å². The quantitative estimate of drug-likeness (QED) is 0.137. The van der Waals surface area contributed by atoms with Gasteiger partial charge in [0, 0.05) is 63.6 Å². The van der Waals surface area contributed by atoms with Crippen molar-refractivity contribution in [2.45, 2.75) is 0 Å². The van der Waals surface area contributed by atoms with Gasteiger partial charge in [-0.25, -0.2) is 0 Å². The number of hydrogen-bond donors (Lipinski definition) is 0. The van der Waals surface area contributed by atoms with Gasteiger partial charge in [0.1, 0.15) is 11.2 Å². The van der Waals surface area contributed by atoms with Crippen LogP contribution in [0.25, 0.3) is 130 Å². The Balaban J connectivity index is 0.977. The van der Waals surface area contributed by atoms with Crippen LogP contribution in [-0.2, 0) is 0 Å². The van der Waals surface area contributed by atoms with Crippen molar-refractivity contribution in [3.8, 4) is 44.5 Å². The minimum atomic E-state index is 0.828. The van der Waals surface area contributed by atoms with Crippen molar-refractivity contribution < 1.29 is 8.83 Å². The molecular weight excluding hydrogens is 1050 g/mol. The first-order valence-electron chi connectivity index (χ1n) is 28.9. The van der Waals surface area contributed by atoms with Crippen LogP contribution in [0.2, 0.25) is 0 Å². The number of para-hydroxylation sites is 4. The van der Waals surface area contributed by atoms with E-state index in [1.807, 2.05) is 11.3 Å². The summed E-state index contributed by atoms with van der Waals surface area (Å²) in [5, 5.41) is 11.4. The Morgan fingerprint density at radius 1 is 0.224 bits per heavy atom. The molecule has 0 aliphatic heterocycles. The molecule has 0 saturated heterocycles. The van der Waals surface area contributed by atoms with Gasteiger partial charge in [0.15, 0.2) is 11.2 Å². The highest BCUT2D eigenvalue weighted by Gasteiger charge is 2.29. The zero-order valence-electron chi connectivity index (χ0n) is 46.0. The second-order valence-electron chi connectivity index (χ2n) is 21.8. The molecule has 0 aliphatic rings. The fourth-order valence-electron chi connectivity index (χ4n) is 13.2. The van der Waals surface area contributed by atoms with Gasteiger partial charge in [0.25, 0.3) is 0 Å². The van der Waals surface area contributed by atoms with Crippen LogP contribution in [0.4, 0.5) is 34.1 Å². The highest BCUT2D eigenvalue weighted by Crippen LogP contribution is 2.55. The average molecular weight is 1100 g/mol. The lowest BCUT2D eigenvalue weighted by Crippen LogP contribution is -2.12. The molecule has 0 spiro atoms. The Kier molecular flexibility index (Phi) is 11.4. The summed E-state index contributed by atoms with van der Waals surface area (Å²) in [4.78, 5) is 4.96.